The van der Waals surface area contributed by atoms with Crippen molar-refractivity contribution < 1.29 is 11.2 Å². The molecule has 0 heterocycles. The van der Waals surface area contributed by atoms with Crippen LogP contribution < -0.4 is 0 Å². The van der Waals surface area contributed by atoms with Crippen molar-refractivity contribution in [3.05, 3.63) is 0 Å². The van der Waals surface area contributed by atoms with Gasteiger partial charge in [-0.3, -0.25) is 0 Å². The molecule has 0 bridgehead atoms. The second kappa shape index (κ2) is 4.63. The third-order valence-electron chi connectivity index (χ3n) is 0.606. The van der Waals surface area contributed by atoms with Crippen molar-refractivity contribution in [3.63, 3.8) is 0 Å². The Morgan fingerprint density at radius 1 is 2.12 bits per heavy atom. The molecule has 0 unspecified atom stereocenters. The molecular formula is C6H10O2. The zero-order valence-electron chi connectivity index (χ0n) is 5.63. The SMILES string of the molecule is [2H]C[C@@H](CO)OCC#C. The van der Waals surface area contributed by atoms with Gasteiger partial charge in [-0.2, -0.15) is 0 Å². The van der Waals surface area contributed by atoms with E-state index in [1.54, 1.807) is 0 Å². The van der Waals surface area contributed by atoms with Gasteiger partial charge in [0, 0.05) is 1.37 Å². The quantitative estimate of drug-likeness (QED) is 0.525. The number of rotatable bonds is 3. The van der Waals surface area contributed by atoms with Crippen molar-refractivity contribution in [2.45, 2.75) is 13.0 Å². The molecule has 0 aliphatic heterocycles. The fraction of sp³-hybridized carbons (Fsp3) is 0.667. The largest absolute Gasteiger partial charge is 0.394 e. The smallest absolute Gasteiger partial charge is 0.107 e. The zero-order valence-corrected chi connectivity index (χ0v) is 4.63. The molecule has 0 fully saturated rings. The highest BCUT2D eigenvalue weighted by Crippen LogP contribution is 1.84. The van der Waals surface area contributed by atoms with Gasteiger partial charge in [-0.15, -0.1) is 6.42 Å². The van der Waals surface area contributed by atoms with Gasteiger partial charge in [0.1, 0.15) is 6.61 Å². The highest BCUT2D eigenvalue weighted by Gasteiger charge is 1.94. The van der Waals surface area contributed by atoms with Crippen LogP contribution in [-0.4, -0.2) is 24.4 Å². The summed E-state index contributed by atoms with van der Waals surface area (Å²) in [6, 6.07) is 0. The van der Waals surface area contributed by atoms with E-state index in [1.165, 1.54) is 0 Å². The molecule has 0 saturated heterocycles. The molecule has 0 aliphatic rings. The predicted octanol–water partition coefficient (Wildman–Crippen LogP) is 0.0170. The lowest BCUT2D eigenvalue weighted by molar-refractivity contribution is 0.0440. The van der Waals surface area contributed by atoms with Crippen LogP contribution in [0.25, 0.3) is 0 Å². The topological polar surface area (TPSA) is 29.5 Å². The third kappa shape index (κ3) is 3.66. The summed E-state index contributed by atoms with van der Waals surface area (Å²) in [7, 11) is 0. The second-order valence-corrected chi connectivity index (χ2v) is 1.32. The standard InChI is InChI=1S/C6H10O2/c1-3-4-8-6(2)5-7/h1,6-7H,4-5H2,2H3/t6-/m0/s1/i2D. The molecule has 0 amide bonds. The molecule has 0 spiro atoms. The first-order chi connectivity index (χ1) is 4.35. The van der Waals surface area contributed by atoms with Crippen LogP contribution in [0.5, 0.6) is 0 Å². The summed E-state index contributed by atoms with van der Waals surface area (Å²) in [5.74, 6) is 2.25. The average molecular weight is 115 g/mol. The van der Waals surface area contributed by atoms with Gasteiger partial charge < -0.3 is 9.84 Å². The maximum absolute atomic E-state index is 8.44. The van der Waals surface area contributed by atoms with E-state index in [0.29, 0.717) is 0 Å². The van der Waals surface area contributed by atoms with E-state index in [9.17, 15) is 0 Å². The molecule has 0 aromatic carbocycles. The first-order valence-corrected chi connectivity index (χ1v) is 2.30. The van der Waals surface area contributed by atoms with Gasteiger partial charge in [0.05, 0.1) is 12.7 Å². The third-order valence-corrected chi connectivity index (χ3v) is 0.606. The van der Waals surface area contributed by atoms with Crippen molar-refractivity contribution in [2.24, 2.45) is 0 Å². The number of aliphatic hydroxyl groups is 1. The lowest BCUT2D eigenvalue weighted by Crippen LogP contribution is -2.12. The van der Waals surface area contributed by atoms with Crippen LogP contribution in [0.1, 0.15) is 8.27 Å². The van der Waals surface area contributed by atoms with Gasteiger partial charge in [0.2, 0.25) is 0 Å². The fourth-order valence-electron chi connectivity index (χ4n) is 0.219. The molecule has 0 radical (unpaired) electrons. The minimum absolute atomic E-state index is 0.0538. The van der Waals surface area contributed by atoms with Gasteiger partial charge in [-0.25, -0.2) is 0 Å². The van der Waals surface area contributed by atoms with E-state index in [0.717, 1.165) is 0 Å². The molecule has 0 aromatic heterocycles. The number of hydrogen-bond acceptors (Lipinski definition) is 2. The predicted molar refractivity (Wildman–Crippen MR) is 31.3 cm³/mol. The van der Waals surface area contributed by atoms with Crippen LogP contribution in [0.15, 0.2) is 0 Å². The Morgan fingerprint density at radius 3 is 3.25 bits per heavy atom. The Morgan fingerprint density at radius 2 is 2.88 bits per heavy atom. The normalized spacial score (nSPS) is 14.2. The summed E-state index contributed by atoms with van der Waals surface area (Å²) in [6.45, 7) is 0.0907. The Labute approximate surface area is 50.9 Å². The van der Waals surface area contributed by atoms with E-state index in [2.05, 4.69) is 5.92 Å². The van der Waals surface area contributed by atoms with Crippen LogP contribution in [0.2, 0.25) is 0 Å². The summed E-state index contributed by atoms with van der Waals surface area (Å²) in [6.07, 6.45) is 4.45. The molecule has 0 aromatic rings. The molecule has 2 nitrogen and oxygen atoms in total. The first kappa shape index (κ1) is 5.61. The van der Waals surface area contributed by atoms with Crippen molar-refractivity contribution in [3.8, 4) is 12.3 Å². The second-order valence-electron chi connectivity index (χ2n) is 1.32. The zero-order chi connectivity index (χ0) is 7.11. The van der Waals surface area contributed by atoms with Crippen LogP contribution in [0.3, 0.4) is 0 Å². The minimum atomic E-state index is -0.416. The number of aliphatic hydroxyl groups excluding tert-OH is 1. The fourth-order valence-corrected chi connectivity index (χ4v) is 0.219. The Balaban J connectivity index is 3.22. The molecular weight excluding hydrogens is 104 g/mol. The monoisotopic (exact) mass is 115 g/mol. The Bertz CT molecular complexity index is 93.7. The van der Waals surface area contributed by atoms with Crippen LogP contribution in [0.4, 0.5) is 0 Å². The summed E-state index contributed by atoms with van der Waals surface area (Å²) < 4.78 is 11.6. The average Bonchev–Trinajstić information content (AvgIpc) is 1.91. The van der Waals surface area contributed by atoms with Gasteiger partial charge in [-0.1, -0.05) is 5.92 Å². The summed E-state index contributed by atoms with van der Waals surface area (Å²) in [4.78, 5) is 0. The van der Waals surface area contributed by atoms with Gasteiger partial charge >= 0.3 is 0 Å². The molecule has 8 heavy (non-hydrogen) atoms. The van der Waals surface area contributed by atoms with Crippen molar-refractivity contribution >= 4 is 0 Å². The molecule has 46 valence electrons. The van der Waals surface area contributed by atoms with Crippen LogP contribution >= 0.6 is 0 Å². The minimum Gasteiger partial charge on any atom is -0.394 e. The molecule has 0 saturated carbocycles. The summed E-state index contributed by atoms with van der Waals surface area (Å²) >= 11 is 0. The van der Waals surface area contributed by atoms with E-state index >= 15 is 0 Å². The maximum atomic E-state index is 8.44. The van der Waals surface area contributed by atoms with Gasteiger partial charge in [0.15, 0.2) is 0 Å². The maximum Gasteiger partial charge on any atom is 0.107 e. The summed E-state index contributed by atoms with van der Waals surface area (Å²) in [5, 5.41) is 8.44. The van der Waals surface area contributed by atoms with Gasteiger partial charge in [-0.05, 0) is 6.90 Å². The lowest BCUT2D eigenvalue weighted by atomic mass is 10.4. The lowest BCUT2D eigenvalue weighted by Gasteiger charge is -2.04. The summed E-state index contributed by atoms with van der Waals surface area (Å²) in [5.41, 5.74) is 0. The van der Waals surface area contributed by atoms with Crippen molar-refractivity contribution in [2.75, 3.05) is 13.2 Å². The Hall–Kier alpha value is -0.520. The van der Waals surface area contributed by atoms with Crippen molar-refractivity contribution in [1.29, 1.82) is 0 Å². The number of ether oxygens (including phenoxy) is 1. The highest BCUT2D eigenvalue weighted by atomic mass is 16.5. The van der Waals surface area contributed by atoms with Gasteiger partial charge in [0.25, 0.3) is 0 Å². The number of terminal acetylenes is 1. The first-order valence-electron chi connectivity index (χ1n) is 3.01. The molecule has 1 atom stereocenters. The van der Waals surface area contributed by atoms with E-state index in [-0.39, 0.29) is 20.1 Å². The van der Waals surface area contributed by atoms with Crippen LogP contribution in [0, 0.1) is 12.3 Å². The van der Waals surface area contributed by atoms with E-state index < -0.39 is 6.10 Å². The molecule has 0 rings (SSSR count). The van der Waals surface area contributed by atoms with E-state index in [1.807, 2.05) is 0 Å². The van der Waals surface area contributed by atoms with Crippen LogP contribution in [-0.2, 0) is 4.74 Å². The molecule has 1 N–H and O–H groups in total. The highest BCUT2D eigenvalue weighted by molar-refractivity contribution is 4.83. The molecule has 2 heteroatoms. The Kier molecular flexibility index (Phi) is 3.25. The van der Waals surface area contributed by atoms with Crippen molar-refractivity contribution in [1.82, 2.24) is 0 Å². The van der Waals surface area contributed by atoms with E-state index in [4.69, 9.17) is 17.6 Å². The molecule has 0 aliphatic carbocycles. The number of hydrogen-bond donors (Lipinski definition) is 1.